The summed E-state index contributed by atoms with van der Waals surface area (Å²) in [5, 5.41) is 18.8. The van der Waals surface area contributed by atoms with E-state index in [0.717, 1.165) is 6.42 Å². The van der Waals surface area contributed by atoms with Crippen LogP contribution in [0.15, 0.2) is 0 Å². The van der Waals surface area contributed by atoms with Crippen molar-refractivity contribution in [3.05, 3.63) is 0 Å². The predicted molar refractivity (Wildman–Crippen MR) is 49.5 cm³/mol. The Morgan fingerprint density at radius 1 is 1.33 bits per heavy atom. The molecule has 0 amide bonds. The molecule has 0 saturated carbocycles. The van der Waals surface area contributed by atoms with Gasteiger partial charge in [0.25, 0.3) is 0 Å². The first-order chi connectivity index (χ1) is 5.63. The van der Waals surface area contributed by atoms with E-state index in [9.17, 15) is 10.2 Å². The van der Waals surface area contributed by atoms with Crippen LogP contribution in [0.3, 0.4) is 0 Å². The van der Waals surface area contributed by atoms with Crippen LogP contribution in [0.2, 0.25) is 0 Å². The fourth-order valence-corrected chi connectivity index (χ4v) is 1.29. The van der Waals surface area contributed by atoms with Crippen molar-refractivity contribution in [3.8, 4) is 11.8 Å². The van der Waals surface area contributed by atoms with Crippen molar-refractivity contribution in [3.63, 3.8) is 0 Å². The number of hydrogen-bond donors (Lipinski definition) is 2. The van der Waals surface area contributed by atoms with Gasteiger partial charge in [0.1, 0.15) is 0 Å². The monoisotopic (exact) mass is 170 g/mol. The minimum absolute atomic E-state index is 0.0501. The van der Waals surface area contributed by atoms with Crippen LogP contribution in [-0.2, 0) is 0 Å². The molecule has 0 bridgehead atoms. The zero-order chi connectivity index (χ0) is 9.56. The van der Waals surface area contributed by atoms with Gasteiger partial charge in [-0.15, -0.1) is 11.8 Å². The first-order valence-electron chi connectivity index (χ1n) is 4.39. The summed E-state index contributed by atoms with van der Waals surface area (Å²) in [6.07, 6.45) is 0.288. The molecule has 0 fully saturated rings. The van der Waals surface area contributed by atoms with Crippen LogP contribution in [0.4, 0.5) is 0 Å². The van der Waals surface area contributed by atoms with Crippen molar-refractivity contribution in [2.45, 2.75) is 45.8 Å². The molecular formula is C10H18O2. The Balaban J connectivity index is 3.99. The summed E-state index contributed by atoms with van der Waals surface area (Å²) < 4.78 is 0. The Morgan fingerprint density at radius 2 is 1.92 bits per heavy atom. The Hall–Kier alpha value is -0.520. The smallest absolute Gasteiger partial charge is 0.0701 e. The maximum Gasteiger partial charge on any atom is 0.0701 e. The van der Waals surface area contributed by atoms with Crippen molar-refractivity contribution in [2.75, 3.05) is 0 Å². The Morgan fingerprint density at radius 3 is 2.25 bits per heavy atom. The normalized spacial score (nSPS) is 17.4. The largest absolute Gasteiger partial charge is 0.393 e. The van der Waals surface area contributed by atoms with Gasteiger partial charge in [-0.2, -0.15) is 0 Å². The van der Waals surface area contributed by atoms with Crippen molar-refractivity contribution in [1.29, 1.82) is 0 Å². The van der Waals surface area contributed by atoms with Crippen LogP contribution in [0, 0.1) is 17.8 Å². The van der Waals surface area contributed by atoms with E-state index in [1.165, 1.54) is 0 Å². The molecule has 0 aliphatic rings. The van der Waals surface area contributed by atoms with Crippen molar-refractivity contribution >= 4 is 0 Å². The second-order valence-electron chi connectivity index (χ2n) is 3.01. The maximum absolute atomic E-state index is 9.55. The predicted octanol–water partition coefficient (Wildman–Crippen LogP) is 1.17. The molecule has 0 aliphatic heterocycles. The standard InChI is InChI=1S/C10H18O2/c1-4-6-7-10(12)9(5-2)8(3)11/h8-12H,5,7H2,1-3H3. The minimum Gasteiger partial charge on any atom is -0.393 e. The van der Waals surface area contributed by atoms with E-state index in [1.807, 2.05) is 6.92 Å². The van der Waals surface area contributed by atoms with E-state index in [0.29, 0.717) is 6.42 Å². The molecule has 0 spiro atoms. The lowest BCUT2D eigenvalue weighted by atomic mass is 9.92. The third-order valence-corrected chi connectivity index (χ3v) is 2.07. The molecule has 0 radical (unpaired) electrons. The molecule has 0 rings (SSSR count). The molecule has 0 aromatic rings. The lowest BCUT2D eigenvalue weighted by molar-refractivity contribution is 0.0227. The fraction of sp³-hybridized carbons (Fsp3) is 0.800. The van der Waals surface area contributed by atoms with Gasteiger partial charge in [0.2, 0.25) is 0 Å². The summed E-state index contributed by atoms with van der Waals surface area (Å²) in [4.78, 5) is 0. The topological polar surface area (TPSA) is 40.5 Å². The number of hydrogen-bond acceptors (Lipinski definition) is 2. The van der Waals surface area contributed by atoms with Gasteiger partial charge in [0.05, 0.1) is 12.2 Å². The number of aliphatic hydroxyl groups excluding tert-OH is 2. The molecule has 2 N–H and O–H groups in total. The van der Waals surface area contributed by atoms with E-state index in [-0.39, 0.29) is 5.92 Å². The van der Waals surface area contributed by atoms with Crippen LogP contribution in [0.5, 0.6) is 0 Å². The second kappa shape index (κ2) is 6.05. The lowest BCUT2D eigenvalue weighted by Crippen LogP contribution is -2.28. The lowest BCUT2D eigenvalue weighted by Gasteiger charge is -2.22. The quantitative estimate of drug-likeness (QED) is 0.622. The summed E-state index contributed by atoms with van der Waals surface area (Å²) in [6.45, 7) is 5.41. The van der Waals surface area contributed by atoms with Crippen molar-refractivity contribution in [1.82, 2.24) is 0 Å². The van der Waals surface area contributed by atoms with Crippen molar-refractivity contribution < 1.29 is 10.2 Å². The summed E-state index contributed by atoms with van der Waals surface area (Å²) in [6, 6.07) is 0. The Bertz CT molecular complexity index is 164. The third kappa shape index (κ3) is 3.75. The molecule has 12 heavy (non-hydrogen) atoms. The van der Waals surface area contributed by atoms with E-state index in [4.69, 9.17) is 0 Å². The highest BCUT2D eigenvalue weighted by molar-refractivity contribution is 4.97. The maximum atomic E-state index is 9.55. The molecule has 0 heterocycles. The van der Waals surface area contributed by atoms with Crippen LogP contribution in [0.1, 0.15) is 33.6 Å². The summed E-state index contributed by atoms with van der Waals surface area (Å²) >= 11 is 0. The highest BCUT2D eigenvalue weighted by atomic mass is 16.3. The Labute approximate surface area is 74.6 Å². The number of rotatable bonds is 4. The van der Waals surface area contributed by atoms with Gasteiger partial charge in [-0.05, 0) is 20.3 Å². The van der Waals surface area contributed by atoms with Crippen molar-refractivity contribution in [2.24, 2.45) is 5.92 Å². The van der Waals surface area contributed by atoms with Crippen LogP contribution in [0.25, 0.3) is 0 Å². The van der Waals surface area contributed by atoms with Crippen LogP contribution >= 0.6 is 0 Å². The summed E-state index contributed by atoms with van der Waals surface area (Å²) in [7, 11) is 0. The summed E-state index contributed by atoms with van der Waals surface area (Å²) in [5.41, 5.74) is 0. The van der Waals surface area contributed by atoms with Gasteiger partial charge in [-0.1, -0.05) is 6.92 Å². The molecular weight excluding hydrogens is 152 g/mol. The summed E-state index contributed by atoms with van der Waals surface area (Å²) in [5.74, 6) is 5.48. The molecule has 0 aromatic carbocycles. The molecule has 3 atom stereocenters. The number of aliphatic hydroxyl groups is 2. The molecule has 3 unspecified atom stereocenters. The first-order valence-corrected chi connectivity index (χ1v) is 4.39. The average Bonchev–Trinajstić information content (AvgIpc) is 2.01. The molecule has 70 valence electrons. The van der Waals surface area contributed by atoms with E-state index < -0.39 is 12.2 Å². The van der Waals surface area contributed by atoms with Gasteiger partial charge in [0, 0.05) is 12.3 Å². The fourth-order valence-electron chi connectivity index (χ4n) is 1.29. The highest BCUT2D eigenvalue weighted by Gasteiger charge is 2.20. The van der Waals surface area contributed by atoms with Gasteiger partial charge < -0.3 is 10.2 Å². The van der Waals surface area contributed by atoms with E-state index in [2.05, 4.69) is 11.8 Å². The molecule has 2 heteroatoms. The highest BCUT2D eigenvalue weighted by Crippen LogP contribution is 2.15. The zero-order valence-corrected chi connectivity index (χ0v) is 8.04. The third-order valence-electron chi connectivity index (χ3n) is 2.07. The van der Waals surface area contributed by atoms with E-state index >= 15 is 0 Å². The average molecular weight is 170 g/mol. The molecule has 2 nitrogen and oxygen atoms in total. The van der Waals surface area contributed by atoms with E-state index in [1.54, 1.807) is 13.8 Å². The SMILES string of the molecule is CC#CCC(O)C(CC)C(C)O. The molecule has 0 saturated heterocycles. The molecule has 0 aromatic heterocycles. The van der Waals surface area contributed by atoms with Gasteiger partial charge in [0.15, 0.2) is 0 Å². The zero-order valence-electron chi connectivity index (χ0n) is 8.04. The van der Waals surface area contributed by atoms with Gasteiger partial charge >= 0.3 is 0 Å². The minimum atomic E-state index is -0.498. The van der Waals surface area contributed by atoms with Crippen LogP contribution < -0.4 is 0 Å². The van der Waals surface area contributed by atoms with Gasteiger partial charge in [-0.25, -0.2) is 0 Å². The Kier molecular flexibility index (Phi) is 5.79. The van der Waals surface area contributed by atoms with Gasteiger partial charge in [-0.3, -0.25) is 0 Å². The van der Waals surface area contributed by atoms with Crippen LogP contribution in [-0.4, -0.2) is 22.4 Å². The molecule has 0 aliphatic carbocycles. The second-order valence-corrected chi connectivity index (χ2v) is 3.01. The first kappa shape index (κ1) is 11.5.